The average Bonchev–Trinajstić information content (AvgIpc) is 2.98. The molecule has 0 saturated heterocycles. The predicted molar refractivity (Wildman–Crippen MR) is 54.0 cm³/mol. The van der Waals surface area contributed by atoms with Gasteiger partial charge in [0.25, 0.3) is 0 Å². The predicted octanol–water partition coefficient (Wildman–Crippen LogP) is 2.03. The van der Waals surface area contributed by atoms with Gasteiger partial charge in [-0.3, -0.25) is 0 Å². The highest BCUT2D eigenvalue weighted by Crippen LogP contribution is 2.51. The van der Waals surface area contributed by atoms with Crippen molar-refractivity contribution >= 4 is 5.97 Å². The van der Waals surface area contributed by atoms with Gasteiger partial charge in [0.05, 0.1) is 0 Å². The Morgan fingerprint density at radius 3 is 2.73 bits per heavy atom. The Hall–Kier alpha value is -1.51. The van der Waals surface area contributed by atoms with Crippen LogP contribution in [0.2, 0.25) is 0 Å². The van der Waals surface area contributed by atoms with Crippen molar-refractivity contribution in [1.82, 2.24) is 0 Å². The van der Waals surface area contributed by atoms with E-state index in [4.69, 9.17) is 9.84 Å². The van der Waals surface area contributed by atoms with Crippen LogP contribution in [0.1, 0.15) is 24.3 Å². The second-order valence-electron chi connectivity index (χ2n) is 4.28. The van der Waals surface area contributed by atoms with Crippen molar-refractivity contribution in [1.29, 1.82) is 0 Å². The highest BCUT2D eigenvalue weighted by molar-refractivity contribution is 5.76. The van der Waals surface area contributed by atoms with Gasteiger partial charge in [-0.2, -0.15) is 0 Å². The number of carboxylic acid groups (broad SMARTS) is 1. The molecule has 0 spiro atoms. The first-order valence-corrected chi connectivity index (χ1v) is 5.26. The van der Waals surface area contributed by atoms with E-state index in [-0.39, 0.29) is 5.92 Å². The molecule has 1 saturated carbocycles. The Morgan fingerprint density at radius 1 is 1.33 bits per heavy atom. The average molecular weight is 204 g/mol. The van der Waals surface area contributed by atoms with Gasteiger partial charge >= 0.3 is 5.97 Å². The van der Waals surface area contributed by atoms with Crippen molar-refractivity contribution in [2.75, 3.05) is 0 Å². The maximum atomic E-state index is 11.1. The fourth-order valence-electron chi connectivity index (χ4n) is 2.40. The monoisotopic (exact) mass is 204 g/mol. The Morgan fingerprint density at radius 2 is 2.07 bits per heavy atom. The molecule has 0 unspecified atom stereocenters. The molecule has 1 N–H and O–H groups in total. The van der Waals surface area contributed by atoms with E-state index in [0.717, 1.165) is 24.2 Å². The van der Waals surface area contributed by atoms with Gasteiger partial charge in [-0.05, 0) is 24.8 Å². The highest BCUT2D eigenvalue weighted by atomic mass is 16.5. The molecule has 0 bridgehead atoms. The SMILES string of the molecule is O=C(O)[C@@H]1Oc2ccccc2[C@@H]1C1CC1. The van der Waals surface area contributed by atoms with Gasteiger partial charge in [0.1, 0.15) is 5.75 Å². The van der Waals surface area contributed by atoms with E-state index in [2.05, 4.69) is 0 Å². The fourth-order valence-corrected chi connectivity index (χ4v) is 2.40. The van der Waals surface area contributed by atoms with Crippen LogP contribution in [-0.4, -0.2) is 17.2 Å². The number of carboxylic acids is 1. The molecule has 0 aromatic heterocycles. The lowest BCUT2D eigenvalue weighted by Crippen LogP contribution is -2.29. The molecule has 2 aliphatic rings. The van der Waals surface area contributed by atoms with Crippen molar-refractivity contribution in [3.8, 4) is 5.75 Å². The molecule has 3 rings (SSSR count). The molecule has 1 aromatic carbocycles. The van der Waals surface area contributed by atoms with Crippen LogP contribution in [0.3, 0.4) is 0 Å². The van der Waals surface area contributed by atoms with E-state index in [1.807, 2.05) is 24.3 Å². The Kier molecular flexibility index (Phi) is 1.75. The number of fused-ring (bicyclic) bond motifs is 1. The minimum atomic E-state index is -0.844. The molecule has 3 nitrogen and oxygen atoms in total. The molecule has 0 radical (unpaired) electrons. The lowest BCUT2D eigenvalue weighted by atomic mass is 9.91. The van der Waals surface area contributed by atoms with Crippen LogP contribution in [0.5, 0.6) is 5.75 Å². The summed E-state index contributed by atoms with van der Waals surface area (Å²) < 4.78 is 5.48. The largest absolute Gasteiger partial charge is 0.478 e. The van der Waals surface area contributed by atoms with Crippen molar-refractivity contribution in [2.24, 2.45) is 5.92 Å². The molecule has 1 aliphatic heterocycles. The standard InChI is InChI=1S/C12H12O3/c13-12(14)11-10(7-5-6-7)8-3-1-2-4-9(8)15-11/h1-4,7,10-11H,5-6H2,(H,13,14)/t10-,11+/m0/s1. The molecule has 1 aromatic rings. The van der Waals surface area contributed by atoms with E-state index in [9.17, 15) is 4.79 Å². The first-order valence-electron chi connectivity index (χ1n) is 5.26. The van der Waals surface area contributed by atoms with E-state index in [1.54, 1.807) is 0 Å². The molecular formula is C12H12O3. The first kappa shape index (κ1) is 8.77. The van der Waals surface area contributed by atoms with Gasteiger partial charge in [0, 0.05) is 11.5 Å². The third kappa shape index (κ3) is 1.30. The maximum absolute atomic E-state index is 11.1. The van der Waals surface area contributed by atoms with Gasteiger partial charge < -0.3 is 9.84 Å². The molecule has 0 amide bonds. The van der Waals surface area contributed by atoms with E-state index < -0.39 is 12.1 Å². The summed E-state index contributed by atoms with van der Waals surface area (Å²) in [5, 5.41) is 9.11. The Balaban J connectivity index is 2.02. The van der Waals surface area contributed by atoms with Gasteiger partial charge in [-0.25, -0.2) is 4.79 Å². The minimum absolute atomic E-state index is 0.0682. The van der Waals surface area contributed by atoms with E-state index >= 15 is 0 Å². The van der Waals surface area contributed by atoms with Crippen LogP contribution in [0.25, 0.3) is 0 Å². The third-order valence-electron chi connectivity index (χ3n) is 3.23. The van der Waals surface area contributed by atoms with Gasteiger partial charge in [0.15, 0.2) is 0 Å². The van der Waals surface area contributed by atoms with E-state index in [0.29, 0.717) is 5.92 Å². The molecule has 3 heteroatoms. The van der Waals surface area contributed by atoms with Gasteiger partial charge in [-0.15, -0.1) is 0 Å². The lowest BCUT2D eigenvalue weighted by Gasteiger charge is -2.13. The fraction of sp³-hybridized carbons (Fsp3) is 0.417. The summed E-state index contributed by atoms with van der Waals surface area (Å²) >= 11 is 0. The smallest absolute Gasteiger partial charge is 0.345 e. The molecule has 78 valence electrons. The molecule has 15 heavy (non-hydrogen) atoms. The van der Waals surface area contributed by atoms with Gasteiger partial charge in [-0.1, -0.05) is 18.2 Å². The summed E-state index contributed by atoms with van der Waals surface area (Å²) in [5.74, 6) is 0.485. The number of hydrogen-bond acceptors (Lipinski definition) is 2. The molecule has 2 atom stereocenters. The zero-order chi connectivity index (χ0) is 10.4. The van der Waals surface area contributed by atoms with Crippen molar-refractivity contribution in [2.45, 2.75) is 24.9 Å². The quantitative estimate of drug-likeness (QED) is 0.801. The highest BCUT2D eigenvalue weighted by Gasteiger charge is 2.47. The number of carbonyl (C=O) groups is 1. The number of rotatable bonds is 2. The van der Waals surface area contributed by atoms with Crippen LogP contribution in [-0.2, 0) is 4.79 Å². The summed E-state index contributed by atoms with van der Waals surface area (Å²) in [6.07, 6.45) is 1.59. The number of para-hydroxylation sites is 1. The minimum Gasteiger partial charge on any atom is -0.478 e. The van der Waals surface area contributed by atoms with Crippen molar-refractivity contribution in [3.63, 3.8) is 0 Å². The summed E-state index contributed by atoms with van der Waals surface area (Å²) in [6.45, 7) is 0. The summed E-state index contributed by atoms with van der Waals surface area (Å²) in [6, 6.07) is 7.67. The normalized spacial score (nSPS) is 28.3. The van der Waals surface area contributed by atoms with Crippen LogP contribution in [0.4, 0.5) is 0 Å². The first-order chi connectivity index (χ1) is 7.27. The van der Waals surface area contributed by atoms with Crippen LogP contribution in [0, 0.1) is 5.92 Å². The molecule has 1 heterocycles. The molecule has 1 fully saturated rings. The summed E-state index contributed by atoms with van der Waals surface area (Å²) in [7, 11) is 0. The zero-order valence-electron chi connectivity index (χ0n) is 8.22. The number of ether oxygens (including phenoxy) is 1. The van der Waals surface area contributed by atoms with Crippen LogP contribution in [0.15, 0.2) is 24.3 Å². The molecule has 1 aliphatic carbocycles. The maximum Gasteiger partial charge on any atom is 0.345 e. The summed E-state index contributed by atoms with van der Waals surface area (Å²) in [4.78, 5) is 11.1. The van der Waals surface area contributed by atoms with Crippen molar-refractivity contribution < 1.29 is 14.6 Å². The zero-order valence-corrected chi connectivity index (χ0v) is 8.22. The van der Waals surface area contributed by atoms with Gasteiger partial charge in [0.2, 0.25) is 6.10 Å². The molecular weight excluding hydrogens is 192 g/mol. The van der Waals surface area contributed by atoms with E-state index in [1.165, 1.54) is 0 Å². The topological polar surface area (TPSA) is 46.5 Å². The number of aliphatic carboxylic acids is 1. The van der Waals surface area contributed by atoms with Crippen molar-refractivity contribution in [3.05, 3.63) is 29.8 Å². The lowest BCUT2D eigenvalue weighted by molar-refractivity contribution is -0.145. The van der Waals surface area contributed by atoms with Crippen LogP contribution >= 0.6 is 0 Å². The number of benzene rings is 1. The second-order valence-corrected chi connectivity index (χ2v) is 4.28. The number of hydrogen-bond donors (Lipinski definition) is 1. The summed E-state index contributed by atoms with van der Waals surface area (Å²) in [5.41, 5.74) is 1.08. The Bertz CT molecular complexity index is 409. The van der Waals surface area contributed by atoms with Crippen LogP contribution < -0.4 is 4.74 Å². The Labute approximate surface area is 87.7 Å². The second kappa shape index (κ2) is 2.99. The third-order valence-corrected chi connectivity index (χ3v) is 3.23.